The highest BCUT2D eigenvalue weighted by molar-refractivity contribution is 6.07. The van der Waals surface area contributed by atoms with Crippen LogP contribution in [0, 0.1) is 5.82 Å². The van der Waals surface area contributed by atoms with E-state index >= 15 is 0 Å². The van der Waals surface area contributed by atoms with Crippen LogP contribution in [-0.4, -0.2) is 35.6 Å². The van der Waals surface area contributed by atoms with Gasteiger partial charge in [-0.3, -0.25) is 9.69 Å². The predicted molar refractivity (Wildman–Crippen MR) is 99.2 cm³/mol. The molecule has 2 aromatic rings. The van der Waals surface area contributed by atoms with Gasteiger partial charge in [0.15, 0.2) is 0 Å². The molecule has 2 aromatic carbocycles. The Morgan fingerprint density at radius 3 is 2.86 bits per heavy atom. The van der Waals surface area contributed by atoms with E-state index in [2.05, 4.69) is 5.32 Å². The molecule has 7 heteroatoms. The summed E-state index contributed by atoms with van der Waals surface area (Å²) in [6.07, 6.45) is 0.860. The van der Waals surface area contributed by atoms with Crippen LogP contribution in [0.4, 0.5) is 9.18 Å². The highest BCUT2D eigenvalue weighted by Gasteiger charge is 2.54. The second-order valence-corrected chi connectivity index (χ2v) is 7.20. The second kappa shape index (κ2) is 6.91. The molecule has 1 fully saturated rings. The molecule has 3 amide bonds. The Bertz CT molecular complexity index is 948. The lowest BCUT2D eigenvalue weighted by Gasteiger charge is -2.33. The molecule has 2 atom stereocenters. The molecule has 1 spiro atoms. The van der Waals surface area contributed by atoms with Gasteiger partial charge in [0, 0.05) is 0 Å². The first kappa shape index (κ1) is 18.4. The third kappa shape index (κ3) is 2.92. The Kier molecular flexibility index (Phi) is 4.55. The number of aliphatic hydroxyl groups is 1. The number of hydrogen-bond donors (Lipinski definition) is 2. The monoisotopic (exact) mass is 384 g/mol. The standard InChI is InChI=1S/C21H21FN2O4/c1-28-16-7-8-17-13(11-16)5-3-9-21(17)19(26)24(20(27)23-21)12-18(25)14-4-2-6-15(22)10-14/h2,4,6-8,10-11,18,25H,3,5,9,12H2,1H3,(H,23,27). The zero-order valence-electron chi connectivity index (χ0n) is 15.4. The van der Waals surface area contributed by atoms with Crippen molar-refractivity contribution in [2.45, 2.75) is 30.9 Å². The first-order valence-electron chi connectivity index (χ1n) is 9.19. The maximum Gasteiger partial charge on any atom is 0.325 e. The normalized spacial score (nSPS) is 22.2. The number of imide groups is 1. The van der Waals surface area contributed by atoms with E-state index < -0.39 is 23.5 Å². The van der Waals surface area contributed by atoms with Gasteiger partial charge < -0.3 is 15.2 Å². The van der Waals surface area contributed by atoms with Crippen LogP contribution in [-0.2, 0) is 16.8 Å². The van der Waals surface area contributed by atoms with Crippen LogP contribution in [0.5, 0.6) is 5.75 Å². The molecule has 4 rings (SSSR count). The number of β-amino-alcohol motifs (C(OH)–C–C–N with tert-alkyl or cyclic N) is 1. The summed E-state index contributed by atoms with van der Waals surface area (Å²) in [5.74, 6) is -0.176. The maximum absolute atomic E-state index is 13.4. The van der Waals surface area contributed by atoms with Gasteiger partial charge in [-0.15, -0.1) is 0 Å². The van der Waals surface area contributed by atoms with Gasteiger partial charge in [-0.1, -0.05) is 18.2 Å². The van der Waals surface area contributed by atoms with Crippen molar-refractivity contribution in [3.8, 4) is 5.75 Å². The van der Waals surface area contributed by atoms with E-state index in [4.69, 9.17) is 4.74 Å². The molecular weight excluding hydrogens is 363 g/mol. The molecule has 0 aromatic heterocycles. The maximum atomic E-state index is 13.4. The van der Waals surface area contributed by atoms with Crippen molar-refractivity contribution < 1.29 is 23.8 Å². The largest absolute Gasteiger partial charge is 0.497 e. The Morgan fingerprint density at radius 1 is 1.29 bits per heavy atom. The average Bonchev–Trinajstić information content (AvgIpc) is 2.92. The molecule has 28 heavy (non-hydrogen) atoms. The van der Waals surface area contributed by atoms with Crippen molar-refractivity contribution >= 4 is 11.9 Å². The molecular formula is C21H21FN2O4. The minimum absolute atomic E-state index is 0.235. The number of fused-ring (bicyclic) bond motifs is 2. The summed E-state index contributed by atoms with van der Waals surface area (Å²) in [6, 6.07) is 10.4. The summed E-state index contributed by atoms with van der Waals surface area (Å²) in [5, 5.41) is 13.3. The molecule has 1 aliphatic carbocycles. The molecule has 0 radical (unpaired) electrons. The molecule has 2 aliphatic rings. The van der Waals surface area contributed by atoms with Crippen LogP contribution in [0.2, 0.25) is 0 Å². The van der Waals surface area contributed by atoms with Gasteiger partial charge in [0.2, 0.25) is 0 Å². The number of benzene rings is 2. The topological polar surface area (TPSA) is 78.9 Å². The molecule has 6 nitrogen and oxygen atoms in total. The summed E-state index contributed by atoms with van der Waals surface area (Å²) in [5.41, 5.74) is 0.918. The number of carbonyl (C=O) groups excluding carboxylic acids is 2. The highest BCUT2D eigenvalue weighted by Crippen LogP contribution is 2.41. The third-order valence-corrected chi connectivity index (χ3v) is 5.53. The summed E-state index contributed by atoms with van der Waals surface area (Å²) in [4.78, 5) is 26.9. The number of halogens is 1. The van der Waals surface area contributed by atoms with E-state index in [9.17, 15) is 19.1 Å². The van der Waals surface area contributed by atoms with Crippen LogP contribution in [0.15, 0.2) is 42.5 Å². The average molecular weight is 384 g/mol. The zero-order valence-corrected chi connectivity index (χ0v) is 15.4. The summed E-state index contributed by atoms with van der Waals surface area (Å²) < 4.78 is 18.7. The van der Waals surface area contributed by atoms with Crippen molar-refractivity contribution in [2.75, 3.05) is 13.7 Å². The van der Waals surface area contributed by atoms with E-state index in [1.54, 1.807) is 19.2 Å². The van der Waals surface area contributed by atoms with Crippen LogP contribution in [0.1, 0.15) is 35.6 Å². The fraction of sp³-hybridized carbons (Fsp3) is 0.333. The van der Waals surface area contributed by atoms with E-state index in [1.807, 2.05) is 12.1 Å². The lowest BCUT2D eigenvalue weighted by atomic mass is 9.76. The Morgan fingerprint density at radius 2 is 2.11 bits per heavy atom. The van der Waals surface area contributed by atoms with Crippen LogP contribution in [0.25, 0.3) is 0 Å². The summed E-state index contributed by atoms with van der Waals surface area (Å²) >= 11 is 0. The molecule has 1 saturated heterocycles. The van der Waals surface area contributed by atoms with Crippen molar-refractivity contribution in [2.24, 2.45) is 0 Å². The Balaban J connectivity index is 1.63. The Labute approximate surface area is 161 Å². The van der Waals surface area contributed by atoms with Gasteiger partial charge in [0.25, 0.3) is 5.91 Å². The van der Waals surface area contributed by atoms with Gasteiger partial charge >= 0.3 is 6.03 Å². The van der Waals surface area contributed by atoms with E-state index in [0.717, 1.165) is 28.9 Å². The zero-order chi connectivity index (χ0) is 19.9. The fourth-order valence-corrected chi connectivity index (χ4v) is 4.14. The summed E-state index contributed by atoms with van der Waals surface area (Å²) in [7, 11) is 1.58. The lowest BCUT2D eigenvalue weighted by molar-refractivity contribution is -0.133. The van der Waals surface area contributed by atoms with Gasteiger partial charge in [0.1, 0.15) is 17.1 Å². The number of amides is 3. The minimum atomic E-state index is -1.17. The van der Waals surface area contributed by atoms with E-state index in [-0.39, 0.29) is 12.5 Å². The molecule has 0 saturated carbocycles. The van der Waals surface area contributed by atoms with Gasteiger partial charge in [-0.05, 0) is 60.2 Å². The number of hydrogen-bond acceptors (Lipinski definition) is 4. The van der Waals surface area contributed by atoms with Crippen LogP contribution in [0.3, 0.4) is 0 Å². The predicted octanol–water partition coefficient (Wildman–Crippen LogP) is 2.65. The smallest absolute Gasteiger partial charge is 0.325 e. The van der Waals surface area contributed by atoms with Crippen LogP contribution >= 0.6 is 0 Å². The van der Waals surface area contributed by atoms with Gasteiger partial charge in [-0.25, -0.2) is 9.18 Å². The number of nitrogens with zero attached hydrogens (tertiary/aromatic N) is 1. The highest BCUT2D eigenvalue weighted by atomic mass is 19.1. The molecule has 1 heterocycles. The number of nitrogens with one attached hydrogen (secondary N) is 1. The van der Waals surface area contributed by atoms with Gasteiger partial charge in [0.05, 0.1) is 19.8 Å². The molecule has 1 aliphatic heterocycles. The second-order valence-electron chi connectivity index (χ2n) is 7.20. The van der Waals surface area contributed by atoms with E-state index in [0.29, 0.717) is 17.7 Å². The summed E-state index contributed by atoms with van der Waals surface area (Å²) in [6.45, 7) is -0.235. The molecule has 0 bridgehead atoms. The first-order chi connectivity index (χ1) is 13.4. The quantitative estimate of drug-likeness (QED) is 0.795. The first-order valence-corrected chi connectivity index (χ1v) is 9.19. The van der Waals surface area contributed by atoms with Crippen molar-refractivity contribution in [3.63, 3.8) is 0 Å². The third-order valence-electron chi connectivity index (χ3n) is 5.53. The molecule has 2 unspecified atom stereocenters. The van der Waals surface area contributed by atoms with E-state index in [1.165, 1.54) is 18.2 Å². The number of ether oxygens (including phenoxy) is 1. The lowest BCUT2D eigenvalue weighted by Crippen LogP contribution is -2.46. The number of methoxy groups -OCH3 is 1. The van der Waals surface area contributed by atoms with Crippen molar-refractivity contribution in [3.05, 3.63) is 65.0 Å². The Hall–Kier alpha value is -2.93. The van der Waals surface area contributed by atoms with Crippen molar-refractivity contribution in [1.82, 2.24) is 10.2 Å². The SMILES string of the molecule is COc1ccc2c(c1)CCCC21NC(=O)N(CC(O)c2cccc(F)c2)C1=O. The number of rotatable bonds is 4. The fourth-order valence-electron chi connectivity index (χ4n) is 4.14. The number of aryl methyl sites for hydroxylation is 1. The van der Waals surface area contributed by atoms with Gasteiger partial charge in [-0.2, -0.15) is 0 Å². The van der Waals surface area contributed by atoms with Crippen molar-refractivity contribution in [1.29, 1.82) is 0 Å². The molecule has 146 valence electrons. The number of urea groups is 1. The number of aliphatic hydroxyl groups excluding tert-OH is 1. The van der Waals surface area contributed by atoms with Crippen LogP contribution < -0.4 is 10.1 Å². The molecule has 2 N–H and O–H groups in total. The number of carbonyl (C=O) groups is 2. The minimum Gasteiger partial charge on any atom is -0.497 e.